The number of carbonyl (C=O) groups excluding carboxylic acids is 2. The lowest BCUT2D eigenvalue weighted by molar-refractivity contribution is -0.139. The fraction of sp³-hybridized carbons (Fsp3) is 0.167. The van der Waals surface area contributed by atoms with E-state index in [1.54, 1.807) is 24.5 Å². The largest absolute Gasteiger partial charge is 0.275 e. The number of nitrogens with zero attached hydrogens (tertiary/aromatic N) is 3. The third-order valence-electron chi connectivity index (χ3n) is 2.27. The predicted octanol–water partition coefficient (Wildman–Crippen LogP) is 0.805. The molecule has 2 rings (SSSR count). The molecule has 0 N–H and O–H groups in total. The molecule has 1 aliphatic heterocycles. The summed E-state index contributed by atoms with van der Waals surface area (Å²) in [6.07, 6.45) is 9.86. The van der Waals surface area contributed by atoms with Gasteiger partial charge in [-0.25, -0.2) is 9.97 Å². The number of hydrogen-bond donors (Lipinski definition) is 0. The molecule has 5 nitrogen and oxygen atoms in total. The van der Waals surface area contributed by atoms with Crippen molar-refractivity contribution in [1.29, 1.82) is 0 Å². The lowest BCUT2D eigenvalue weighted by atomic mass is 10.2. The fourth-order valence-electron chi connectivity index (χ4n) is 1.44. The molecule has 1 aliphatic rings. The average Bonchev–Trinajstić information content (AvgIpc) is 2.38. The number of imide groups is 1. The molecule has 0 aliphatic carbocycles. The van der Waals surface area contributed by atoms with Gasteiger partial charge < -0.3 is 0 Å². The molecule has 0 spiro atoms. The van der Waals surface area contributed by atoms with Crippen LogP contribution in [-0.4, -0.2) is 33.2 Å². The minimum atomic E-state index is -0.341. The summed E-state index contributed by atoms with van der Waals surface area (Å²) >= 11 is 0. The van der Waals surface area contributed by atoms with Crippen molar-refractivity contribution >= 4 is 17.9 Å². The number of amides is 2. The fourth-order valence-corrected chi connectivity index (χ4v) is 1.44. The molecule has 0 radical (unpaired) electrons. The second kappa shape index (κ2) is 5.16. The Morgan fingerprint density at radius 3 is 2.82 bits per heavy atom. The van der Waals surface area contributed by atoms with Gasteiger partial charge in [0.25, 0.3) is 11.8 Å². The van der Waals surface area contributed by atoms with Crippen LogP contribution >= 0.6 is 0 Å². The molecule has 0 saturated carbocycles. The highest BCUT2D eigenvalue weighted by Gasteiger charge is 2.18. The SMILES string of the molecule is O=C1C=CCCN1C(=O)/C=C/c1ncccn1. The van der Waals surface area contributed by atoms with Gasteiger partial charge in [-0.3, -0.25) is 14.5 Å². The van der Waals surface area contributed by atoms with Crippen molar-refractivity contribution in [2.45, 2.75) is 6.42 Å². The van der Waals surface area contributed by atoms with E-state index in [-0.39, 0.29) is 11.8 Å². The maximum Gasteiger partial charge on any atom is 0.253 e. The Morgan fingerprint density at radius 2 is 2.12 bits per heavy atom. The molecule has 17 heavy (non-hydrogen) atoms. The topological polar surface area (TPSA) is 63.2 Å². The van der Waals surface area contributed by atoms with Gasteiger partial charge in [0.1, 0.15) is 0 Å². The summed E-state index contributed by atoms with van der Waals surface area (Å²) in [6, 6.07) is 1.69. The van der Waals surface area contributed by atoms with Crippen molar-refractivity contribution in [3.05, 3.63) is 42.5 Å². The zero-order valence-corrected chi connectivity index (χ0v) is 9.11. The van der Waals surface area contributed by atoms with Crippen LogP contribution in [0.4, 0.5) is 0 Å². The second-order valence-electron chi connectivity index (χ2n) is 3.46. The number of carbonyl (C=O) groups is 2. The third kappa shape index (κ3) is 2.84. The normalized spacial score (nSPS) is 15.5. The van der Waals surface area contributed by atoms with Crippen LogP contribution in [0, 0.1) is 0 Å². The molecule has 2 amide bonds. The number of rotatable bonds is 2. The van der Waals surface area contributed by atoms with E-state index >= 15 is 0 Å². The van der Waals surface area contributed by atoms with E-state index in [2.05, 4.69) is 9.97 Å². The van der Waals surface area contributed by atoms with Crippen LogP contribution in [0.15, 0.2) is 36.7 Å². The summed E-state index contributed by atoms with van der Waals surface area (Å²) < 4.78 is 0. The quantitative estimate of drug-likeness (QED) is 0.704. The first-order valence-electron chi connectivity index (χ1n) is 5.24. The molecule has 1 aromatic heterocycles. The lowest BCUT2D eigenvalue weighted by Gasteiger charge is -2.19. The molecular weight excluding hydrogens is 218 g/mol. The zero-order valence-electron chi connectivity index (χ0n) is 9.11. The summed E-state index contributed by atoms with van der Waals surface area (Å²) in [5.41, 5.74) is 0. The van der Waals surface area contributed by atoms with Crippen molar-refractivity contribution in [1.82, 2.24) is 14.9 Å². The number of hydrogen-bond acceptors (Lipinski definition) is 4. The van der Waals surface area contributed by atoms with Crippen LogP contribution in [-0.2, 0) is 9.59 Å². The van der Waals surface area contributed by atoms with Gasteiger partial charge in [-0.15, -0.1) is 0 Å². The van der Waals surface area contributed by atoms with Crippen molar-refractivity contribution in [2.24, 2.45) is 0 Å². The summed E-state index contributed by atoms with van der Waals surface area (Å²) in [7, 11) is 0. The Kier molecular flexibility index (Phi) is 3.40. The number of aromatic nitrogens is 2. The van der Waals surface area contributed by atoms with E-state index in [0.717, 1.165) is 0 Å². The van der Waals surface area contributed by atoms with Gasteiger partial charge in [-0.1, -0.05) is 6.08 Å². The highest BCUT2D eigenvalue weighted by atomic mass is 16.2. The average molecular weight is 229 g/mol. The summed E-state index contributed by atoms with van der Waals surface area (Å²) in [5, 5.41) is 0. The van der Waals surface area contributed by atoms with Crippen LogP contribution in [0.5, 0.6) is 0 Å². The minimum absolute atomic E-state index is 0.278. The van der Waals surface area contributed by atoms with Gasteiger partial charge in [-0.05, 0) is 24.6 Å². The third-order valence-corrected chi connectivity index (χ3v) is 2.27. The highest BCUT2D eigenvalue weighted by Crippen LogP contribution is 2.04. The predicted molar refractivity (Wildman–Crippen MR) is 61.5 cm³/mol. The molecule has 0 fully saturated rings. The van der Waals surface area contributed by atoms with E-state index in [1.807, 2.05) is 0 Å². The molecule has 0 aromatic carbocycles. The molecule has 1 aromatic rings. The molecule has 2 heterocycles. The van der Waals surface area contributed by atoms with E-state index in [1.165, 1.54) is 23.1 Å². The Hall–Kier alpha value is -2.30. The molecule has 86 valence electrons. The van der Waals surface area contributed by atoms with Gasteiger partial charge >= 0.3 is 0 Å². The Labute approximate surface area is 98.5 Å². The maximum absolute atomic E-state index is 11.7. The molecular formula is C12H11N3O2. The smallest absolute Gasteiger partial charge is 0.253 e. The van der Waals surface area contributed by atoms with Crippen molar-refractivity contribution in [3.63, 3.8) is 0 Å². The van der Waals surface area contributed by atoms with E-state index in [0.29, 0.717) is 18.8 Å². The summed E-state index contributed by atoms with van der Waals surface area (Å²) in [4.78, 5) is 32.2. The molecule has 0 unspecified atom stereocenters. The van der Waals surface area contributed by atoms with Crippen LogP contribution < -0.4 is 0 Å². The van der Waals surface area contributed by atoms with E-state index in [4.69, 9.17) is 0 Å². The Morgan fingerprint density at radius 1 is 1.35 bits per heavy atom. The molecule has 0 saturated heterocycles. The molecule has 5 heteroatoms. The maximum atomic E-state index is 11.7. The first-order valence-corrected chi connectivity index (χ1v) is 5.24. The van der Waals surface area contributed by atoms with Crippen molar-refractivity contribution < 1.29 is 9.59 Å². The van der Waals surface area contributed by atoms with Gasteiger partial charge in [0.15, 0.2) is 5.82 Å². The summed E-state index contributed by atoms with van der Waals surface area (Å²) in [5.74, 6) is -0.174. The highest BCUT2D eigenvalue weighted by molar-refractivity contribution is 6.06. The molecule has 0 atom stereocenters. The standard InChI is InChI=1S/C12H11N3O2/c16-11-4-1-2-9-15(11)12(17)6-5-10-13-7-3-8-14-10/h1,3-8H,2,9H2/b6-5+. The lowest BCUT2D eigenvalue weighted by Crippen LogP contribution is -2.37. The zero-order chi connectivity index (χ0) is 12.1. The van der Waals surface area contributed by atoms with Gasteiger partial charge in [-0.2, -0.15) is 0 Å². The van der Waals surface area contributed by atoms with Crippen molar-refractivity contribution in [3.8, 4) is 0 Å². The Balaban J connectivity index is 2.04. The van der Waals surface area contributed by atoms with Gasteiger partial charge in [0.05, 0.1) is 0 Å². The first-order chi connectivity index (χ1) is 8.27. The van der Waals surface area contributed by atoms with E-state index in [9.17, 15) is 9.59 Å². The van der Waals surface area contributed by atoms with E-state index < -0.39 is 0 Å². The first kappa shape index (κ1) is 11.2. The van der Waals surface area contributed by atoms with Gasteiger partial charge in [0, 0.05) is 25.0 Å². The summed E-state index contributed by atoms with van der Waals surface area (Å²) in [6.45, 7) is 0.425. The van der Waals surface area contributed by atoms with Crippen LogP contribution in [0.1, 0.15) is 12.2 Å². The van der Waals surface area contributed by atoms with Crippen LogP contribution in [0.25, 0.3) is 6.08 Å². The minimum Gasteiger partial charge on any atom is -0.275 e. The van der Waals surface area contributed by atoms with Gasteiger partial charge in [0.2, 0.25) is 0 Å². The monoisotopic (exact) mass is 229 g/mol. The Bertz CT molecular complexity index is 480. The second-order valence-corrected chi connectivity index (χ2v) is 3.46. The van der Waals surface area contributed by atoms with Crippen molar-refractivity contribution in [2.75, 3.05) is 6.54 Å². The molecule has 0 bridgehead atoms. The van der Waals surface area contributed by atoms with Crippen LogP contribution in [0.2, 0.25) is 0 Å². The van der Waals surface area contributed by atoms with Crippen LogP contribution in [0.3, 0.4) is 0 Å².